The summed E-state index contributed by atoms with van der Waals surface area (Å²) < 4.78 is 61.7. The number of aliphatic hydroxyl groups is 3. The lowest BCUT2D eigenvalue weighted by atomic mass is 9.87. The fourth-order valence-electron chi connectivity index (χ4n) is 6.53. The summed E-state index contributed by atoms with van der Waals surface area (Å²) in [5.74, 6) is -0.0790. The number of phosphoric acid groups is 3. The molecule has 4 heterocycles. The van der Waals surface area contributed by atoms with Crippen molar-refractivity contribution in [3.63, 3.8) is 0 Å². The second-order valence-electron chi connectivity index (χ2n) is 15.3. The Kier molecular flexibility index (Phi) is 18.1. The average Bonchev–Trinajstić information content (AvgIpc) is 3.92. The number of amides is 2. The first-order valence-electron chi connectivity index (χ1n) is 19.7. The number of H-pyrrole nitrogens is 1. The minimum absolute atomic E-state index is 0.00216. The van der Waals surface area contributed by atoms with Crippen LogP contribution in [0.3, 0.4) is 0 Å². The number of ether oxygens (including phenoxy) is 1. The number of hydrogen-bond acceptors (Lipinski definition) is 20. The molecule has 1 aliphatic heterocycles. The summed E-state index contributed by atoms with van der Waals surface area (Å²) in [4.78, 5) is 83.3. The largest absolute Gasteiger partial charge is 0.790 e. The number of aliphatic hydroxyl groups excluding tert-OH is 3. The first-order chi connectivity index (χ1) is 30.1. The number of nitrogens with two attached hydrogens (primary N) is 1. The average molecular weight is 981 g/mol. The van der Waals surface area contributed by atoms with Crippen LogP contribution in [-0.2, 0) is 52.3 Å². The number of thioether (sulfide) groups is 1. The predicted octanol–water partition coefficient (Wildman–Crippen LogP) is 0.129. The van der Waals surface area contributed by atoms with E-state index in [-0.39, 0.29) is 35.9 Å². The number of aromatic amines is 1. The lowest BCUT2D eigenvalue weighted by Crippen LogP contribution is -2.46. The van der Waals surface area contributed by atoms with Crippen molar-refractivity contribution in [2.75, 3.05) is 43.5 Å². The number of phosphoric ester groups is 3. The number of fused-ring (bicyclic) bond motifs is 2. The van der Waals surface area contributed by atoms with E-state index in [1.165, 1.54) is 24.8 Å². The first kappa shape index (κ1) is 51.6. The highest BCUT2D eigenvalue weighted by Crippen LogP contribution is 2.61. The first-order valence-corrected chi connectivity index (χ1v) is 25.3. The van der Waals surface area contributed by atoms with Crippen LogP contribution in [0.4, 0.5) is 5.82 Å². The number of benzene rings is 1. The normalized spacial score (nSPS) is 21.1. The van der Waals surface area contributed by atoms with Gasteiger partial charge in [-0.05, 0) is 43.1 Å². The van der Waals surface area contributed by atoms with Crippen molar-refractivity contribution in [3.8, 4) is 0 Å². The number of aromatic nitrogens is 5. The third kappa shape index (κ3) is 14.8. The molecule has 8 atom stereocenters. The number of carbonyl (C=O) groups excluding carboxylic acids is 2. The lowest BCUT2D eigenvalue weighted by molar-refractivity contribution is -0.347. The summed E-state index contributed by atoms with van der Waals surface area (Å²) in [5, 5.41) is 38.1. The van der Waals surface area contributed by atoms with Crippen molar-refractivity contribution in [2.45, 2.75) is 82.7 Å². The van der Waals surface area contributed by atoms with E-state index >= 15 is 0 Å². The number of para-hydroxylation sites is 1. The van der Waals surface area contributed by atoms with E-state index in [0.717, 1.165) is 35.6 Å². The second-order valence-corrected chi connectivity index (χ2v) is 20.7. The van der Waals surface area contributed by atoms with E-state index in [2.05, 4.69) is 45.5 Å². The zero-order chi connectivity index (χ0) is 46.9. The molecular weight excluding hydrogens is 929 g/mol. The van der Waals surface area contributed by atoms with Crippen LogP contribution in [0, 0.1) is 5.41 Å². The minimum Gasteiger partial charge on any atom is -0.790 e. The van der Waals surface area contributed by atoms with Crippen molar-refractivity contribution in [2.24, 2.45) is 5.41 Å². The third-order valence-corrected chi connectivity index (χ3v) is 14.0. The van der Waals surface area contributed by atoms with Crippen LogP contribution in [0.1, 0.15) is 51.3 Å². The van der Waals surface area contributed by atoms with Crippen LogP contribution in [-0.4, -0.2) is 130 Å². The Morgan fingerprint density at radius 1 is 1.05 bits per heavy atom. The maximum atomic E-state index is 12.7. The van der Waals surface area contributed by atoms with Gasteiger partial charge in [0.1, 0.15) is 36.3 Å². The molecule has 356 valence electrons. The van der Waals surface area contributed by atoms with Crippen molar-refractivity contribution in [1.82, 2.24) is 35.1 Å². The molecule has 1 fully saturated rings. The number of rotatable bonds is 26. The van der Waals surface area contributed by atoms with Gasteiger partial charge in [0, 0.05) is 47.8 Å². The van der Waals surface area contributed by atoms with Crippen molar-refractivity contribution in [1.29, 1.82) is 0 Å². The quantitative estimate of drug-likeness (QED) is 0.0298. The van der Waals surface area contributed by atoms with Gasteiger partial charge in [-0.2, -0.15) is 16.1 Å². The topological polar surface area (TPSA) is 388 Å². The summed E-state index contributed by atoms with van der Waals surface area (Å²) in [6, 6.07) is 8.08. The molecule has 25 nitrogen and oxygen atoms in total. The number of nitrogens with one attached hydrogen (secondary N) is 3. The molecule has 3 aromatic heterocycles. The van der Waals surface area contributed by atoms with E-state index in [0.29, 0.717) is 30.9 Å². The summed E-state index contributed by atoms with van der Waals surface area (Å²) in [5.41, 5.74) is 6.52. The zero-order valence-corrected chi connectivity index (χ0v) is 38.0. The van der Waals surface area contributed by atoms with Gasteiger partial charge >= 0.3 is 15.6 Å². The van der Waals surface area contributed by atoms with Crippen LogP contribution in [0.15, 0.2) is 43.1 Å². The molecule has 8 unspecified atom stereocenters. The number of carbonyl (C=O) groups is 2. The fourth-order valence-corrected chi connectivity index (χ4v) is 10.2. The smallest absolute Gasteiger partial charge is 0.481 e. The monoisotopic (exact) mass is 980 g/mol. The standard InChI is InChI=1S/C35H53N8O17P3S/c1-35(2,30(47)33(48)38-12-10-26(45)37-13-15-64-14-11-22(44)7-5-6-21-16-39-24-9-4-3-8-23(21)24)18-57-63(54,55)60-62(52,53)56-17-25-29(59-61(49,50)51)28(46)34(58-25)43-20-42-27-31(36)40-19-41-32(27)43/h3-4,8-9,16,19-20,22,25,28-30,34,39,44,46-47H,5-7,10-15,17-18H2,1-2H3,(H,37,45)(H,38,48)(H,52,53)(H,54,55)(H2,36,40,41)(H2,49,50,51)/p-2. The maximum Gasteiger partial charge on any atom is 0.481 e. The number of anilines is 1. The van der Waals surface area contributed by atoms with Crippen molar-refractivity contribution in [3.05, 3.63) is 48.7 Å². The molecule has 0 bridgehead atoms. The minimum atomic E-state index is -5.83. The molecule has 0 radical (unpaired) electrons. The van der Waals surface area contributed by atoms with E-state index in [1.54, 1.807) is 11.8 Å². The molecule has 10 N–H and O–H groups in total. The van der Waals surface area contributed by atoms with Crippen molar-refractivity contribution < 1.29 is 80.8 Å². The fraction of sp³-hybridized carbons (Fsp3) is 0.571. The van der Waals surface area contributed by atoms with E-state index < -0.39 is 84.8 Å². The van der Waals surface area contributed by atoms with Gasteiger partial charge in [-0.25, -0.2) is 24.1 Å². The Balaban J connectivity index is 0.972. The summed E-state index contributed by atoms with van der Waals surface area (Å²) in [6.45, 7) is 0.632. The Morgan fingerprint density at radius 2 is 1.78 bits per heavy atom. The SMILES string of the molecule is CC(C)(COP(=O)(O)OP(=O)(O)OCC1OC(n2cnc3c(N)ncnc32)C(O)C1OP(=O)([O-])[O-])C(O)C(=O)NCCC(=O)NCCSCCC(O)CCCc1c[nH]c2ccccc12. The van der Waals surface area contributed by atoms with Gasteiger partial charge in [-0.15, -0.1) is 0 Å². The zero-order valence-electron chi connectivity index (χ0n) is 34.5. The van der Waals surface area contributed by atoms with Gasteiger partial charge in [-0.1, -0.05) is 32.0 Å². The summed E-state index contributed by atoms with van der Waals surface area (Å²) in [7, 11) is -16.9. The van der Waals surface area contributed by atoms with E-state index in [1.807, 2.05) is 24.4 Å². The molecule has 0 saturated carbocycles. The molecule has 64 heavy (non-hydrogen) atoms. The molecule has 2 amide bonds. The molecule has 0 aliphatic carbocycles. The van der Waals surface area contributed by atoms with Gasteiger partial charge in [0.2, 0.25) is 11.8 Å². The molecular formula is C35H51N8O17P3S-2. The van der Waals surface area contributed by atoms with Gasteiger partial charge < -0.3 is 70.1 Å². The summed E-state index contributed by atoms with van der Waals surface area (Å²) in [6.07, 6.45) is -2.66. The van der Waals surface area contributed by atoms with E-state index in [4.69, 9.17) is 19.5 Å². The number of imidazole rings is 1. The van der Waals surface area contributed by atoms with Gasteiger partial charge in [-0.3, -0.25) is 23.2 Å². The molecule has 1 saturated heterocycles. The molecule has 5 rings (SSSR count). The van der Waals surface area contributed by atoms with Gasteiger partial charge in [0.25, 0.3) is 0 Å². The highest BCUT2D eigenvalue weighted by molar-refractivity contribution is 7.99. The van der Waals surface area contributed by atoms with E-state index in [9.17, 15) is 58.2 Å². The van der Waals surface area contributed by atoms with Crippen LogP contribution >= 0.6 is 35.2 Å². The Hall–Kier alpha value is -3.39. The summed E-state index contributed by atoms with van der Waals surface area (Å²) >= 11 is 1.58. The van der Waals surface area contributed by atoms with Crippen molar-refractivity contribution >= 4 is 74.9 Å². The highest BCUT2D eigenvalue weighted by atomic mass is 32.2. The second kappa shape index (κ2) is 22.4. The van der Waals surface area contributed by atoms with Gasteiger partial charge in [0.15, 0.2) is 17.7 Å². The highest BCUT2D eigenvalue weighted by Gasteiger charge is 2.48. The Labute approximate surface area is 370 Å². The number of hydrogen-bond donors (Lipinski definition) is 9. The van der Waals surface area contributed by atoms with Crippen LogP contribution in [0.2, 0.25) is 0 Å². The molecule has 0 spiro atoms. The Bertz CT molecular complexity index is 2350. The van der Waals surface area contributed by atoms with Crippen LogP contribution in [0.25, 0.3) is 22.1 Å². The van der Waals surface area contributed by atoms with Crippen LogP contribution < -0.4 is 26.2 Å². The molecule has 4 aromatic rings. The molecule has 1 aromatic carbocycles. The maximum absolute atomic E-state index is 12.7. The predicted molar refractivity (Wildman–Crippen MR) is 224 cm³/mol. The molecule has 29 heteroatoms. The van der Waals surface area contributed by atoms with Gasteiger partial charge in [0.05, 0.1) is 33.5 Å². The Morgan fingerprint density at radius 3 is 2.53 bits per heavy atom. The number of nitrogen functional groups attached to an aromatic ring is 1. The van der Waals surface area contributed by atoms with Crippen LogP contribution in [0.5, 0.6) is 0 Å². The number of nitrogens with zero attached hydrogens (tertiary/aromatic N) is 4. The third-order valence-electron chi connectivity index (χ3n) is 9.89. The molecule has 1 aliphatic rings. The lowest BCUT2D eigenvalue weighted by Gasteiger charge is -2.34. The number of aryl methyl sites for hydroxylation is 1.